The van der Waals surface area contributed by atoms with Gasteiger partial charge in [0.1, 0.15) is 17.2 Å². The van der Waals surface area contributed by atoms with E-state index in [2.05, 4.69) is 0 Å². The third-order valence-electron chi connectivity index (χ3n) is 5.10. The first-order chi connectivity index (χ1) is 15.6. The largest absolute Gasteiger partial charge is 0.507 e. The fourth-order valence-electron chi connectivity index (χ4n) is 3.30. The van der Waals surface area contributed by atoms with Gasteiger partial charge in [0, 0.05) is 5.56 Å². The van der Waals surface area contributed by atoms with Crippen LogP contribution in [0.3, 0.4) is 0 Å². The number of phenols is 1. The van der Waals surface area contributed by atoms with Crippen molar-refractivity contribution >= 4 is 5.78 Å². The monoisotopic (exact) mass is 436 g/mol. The number of unbranched alkanes of at least 4 members (excludes halogenated alkanes) is 1. The normalized spacial score (nSPS) is 10.5. The van der Waals surface area contributed by atoms with Gasteiger partial charge in [0.25, 0.3) is 0 Å². The Morgan fingerprint density at radius 1 is 0.719 bits per heavy atom. The summed E-state index contributed by atoms with van der Waals surface area (Å²) in [7, 11) is 3.12. The van der Waals surface area contributed by atoms with Crippen molar-refractivity contribution in [2.45, 2.75) is 19.8 Å². The molecule has 3 rings (SSSR count). The number of methoxy groups -OCH3 is 2. The summed E-state index contributed by atoms with van der Waals surface area (Å²) in [6, 6.07) is 17.8. The molecule has 6 heteroatoms. The summed E-state index contributed by atoms with van der Waals surface area (Å²) in [4.78, 5) is 12.9. The first-order valence-corrected chi connectivity index (χ1v) is 10.5. The fourth-order valence-corrected chi connectivity index (χ4v) is 3.30. The van der Waals surface area contributed by atoms with Gasteiger partial charge in [-0.3, -0.25) is 4.79 Å². The molecule has 0 aromatic heterocycles. The molecule has 0 spiro atoms. The molecule has 0 bridgehead atoms. The van der Waals surface area contributed by atoms with Crippen molar-refractivity contribution < 1.29 is 28.8 Å². The molecule has 0 unspecified atom stereocenters. The van der Waals surface area contributed by atoms with Crippen molar-refractivity contribution in [1.29, 1.82) is 0 Å². The van der Waals surface area contributed by atoms with E-state index in [1.54, 1.807) is 50.4 Å². The molecule has 0 heterocycles. The maximum atomic E-state index is 12.9. The average molecular weight is 437 g/mol. The maximum Gasteiger partial charge on any atom is 0.200 e. The van der Waals surface area contributed by atoms with Gasteiger partial charge in [0.05, 0.1) is 38.6 Å². The average Bonchev–Trinajstić information content (AvgIpc) is 2.83. The van der Waals surface area contributed by atoms with Gasteiger partial charge in [-0.1, -0.05) is 24.3 Å². The van der Waals surface area contributed by atoms with Crippen molar-refractivity contribution in [2.24, 2.45) is 0 Å². The lowest BCUT2D eigenvalue weighted by Gasteiger charge is -2.14. The number of ketones is 1. The van der Waals surface area contributed by atoms with Crippen molar-refractivity contribution in [2.75, 3.05) is 27.4 Å². The molecule has 3 aromatic rings. The molecule has 32 heavy (non-hydrogen) atoms. The molecular weight excluding hydrogens is 408 g/mol. The quantitative estimate of drug-likeness (QED) is 0.330. The second kappa shape index (κ2) is 11.1. The third-order valence-corrected chi connectivity index (χ3v) is 5.10. The van der Waals surface area contributed by atoms with Crippen molar-refractivity contribution in [3.63, 3.8) is 0 Å². The van der Waals surface area contributed by atoms with Gasteiger partial charge in [-0.15, -0.1) is 0 Å². The predicted octanol–water partition coefficient (Wildman–Crippen LogP) is 5.19. The number of carbonyl (C=O) groups is 1. The number of rotatable bonds is 11. The number of benzene rings is 3. The summed E-state index contributed by atoms with van der Waals surface area (Å²) in [5.74, 6) is 2.04. The summed E-state index contributed by atoms with van der Waals surface area (Å²) in [5.41, 5.74) is 1.13. The highest BCUT2D eigenvalue weighted by Gasteiger charge is 2.20. The highest BCUT2D eigenvalue weighted by molar-refractivity contribution is 6.12. The van der Waals surface area contributed by atoms with Crippen LogP contribution in [0.4, 0.5) is 0 Å². The number of hydrogen-bond acceptors (Lipinski definition) is 6. The second-order valence-corrected chi connectivity index (χ2v) is 7.17. The smallest absolute Gasteiger partial charge is 0.200 e. The molecule has 0 amide bonds. The van der Waals surface area contributed by atoms with Crippen LogP contribution in [0, 0.1) is 6.92 Å². The zero-order valence-electron chi connectivity index (χ0n) is 18.6. The number of aromatic hydroxyl groups is 1. The number of ether oxygens (including phenoxy) is 4. The molecule has 0 aliphatic carbocycles. The maximum absolute atomic E-state index is 12.9. The van der Waals surface area contributed by atoms with E-state index in [0.717, 1.165) is 12.8 Å². The lowest BCUT2D eigenvalue weighted by Crippen LogP contribution is -2.07. The van der Waals surface area contributed by atoms with E-state index in [0.29, 0.717) is 47.3 Å². The first kappa shape index (κ1) is 23.0. The molecule has 0 fully saturated rings. The van der Waals surface area contributed by atoms with Crippen molar-refractivity contribution in [1.82, 2.24) is 0 Å². The number of carbonyl (C=O) groups excluding carboxylic acids is 1. The van der Waals surface area contributed by atoms with Crippen LogP contribution in [0.25, 0.3) is 0 Å². The van der Waals surface area contributed by atoms with Crippen LogP contribution in [-0.2, 0) is 0 Å². The molecule has 0 atom stereocenters. The Bertz CT molecular complexity index is 1060. The molecule has 168 valence electrons. The van der Waals surface area contributed by atoms with E-state index in [1.165, 1.54) is 7.11 Å². The Hall–Kier alpha value is -3.67. The molecule has 0 aliphatic rings. The molecule has 6 nitrogen and oxygen atoms in total. The Morgan fingerprint density at radius 2 is 1.28 bits per heavy atom. The van der Waals surface area contributed by atoms with Gasteiger partial charge < -0.3 is 24.1 Å². The molecule has 0 aliphatic heterocycles. The van der Waals surface area contributed by atoms with E-state index in [9.17, 15) is 9.90 Å². The van der Waals surface area contributed by atoms with Crippen LogP contribution in [-0.4, -0.2) is 38.3 Å². The minimum atomic E-state index is -0.303. The minimum absolute atomic E-state index is 0.0853. The molecule has 0 saturated heterocycles. The highest BCUT2D eigenvalue weighted by Crippen LogP contribution is 2.33. The number of para-hydroxylation sites is 3. The zero-order chi connectivity index (χ0) is 22.9. The van der Waals surface area contributed by atoms with Crippen molar-refractivity contribution in [3.8, 4) is 28.7 Å². The Balaban J connectivity index is 1.55. The summed E-state index contributed by atoms with van der Waals surface area (Å²) >= 11 is 0. The highest BCUT2D eigenvalue weighted by atomic mass is 16.5. The van der Waals surface area contributed by atoms with E-state index in [4.69, 9.17) is 18.9 Å². The zero-order valence-corrected chi connectivity index (χ0v) is 18.6. The van der Waals surface area contributed by atoms with E-state index < -0.39 is 0 Å². The summed E-state index contributed by atoms with van der Waals surface area (Å²) in [5, 5.41) is 10.6. The van der Waals surface area contributed by atoms with Crippen LogP contribution in [0.2, 0.25) is 0 Å². The predicted molar refractivity (Wildman–Crippen MR) is 122 cm³/mol. The minimum Gasteiger partial charge on any atom is -0.507 e. The summed E-state index contributed by atoms with van der Waals surface area (Å²) < 4.78 is 22.1. The van der Waals surface area contributed by atoms with Gasteiger partial charge in [-0.25, -0.2) is 0 Å². The Labute approximate surface area is 188 Å². The lowest BCUT2D eigenvalue weighted by molar-refractivity contribution is 0.103. The third kappa shape index (κ3) is 5.32. The molecule has 3 aromatic carbocycles. The summed E-state index contributed by atoms with van der Waals surface area (Å²) in [6.45, 7) is 2.74. The van der Waals surface area contributed by atoms with Crippen LogP contribution < -0.4 is 18.9 Å². The summed E-state index contributed by atoms with van der Waals surface area (Å²) in [6.07, 6.45) is 1.57. The van der Waals surface area contributed by atoms with Crippen molar-refractivity contribution in [3.05, 3.63) is 77.4 Å². The molecule has 1 N–H and O–H groups in total. The number of phenolic OH excluding ortho intramolecular Hbond substituents is 1. The number of hydrogen-bond donors (Lipinski definition) is 1. The molecule has 0 saturated carbocycles. The van der Waals surface area contributed by atoms with E-state index >= 15 is 0 Å². The van der Waals surface area contributed by atoms with Crippen LogP contribution in [0.15, 0.2) is 60.7 Å². The van der Waals surface area contributed by atoms with Gasteiger partial charge in [-0.05, 0) is 56.2 Å². The standard InChI is InChI=1S/C26H28O6/c1-18-21(31-16-8-9-17-32-24-13-7-6-12-23(24)30-3)15-14-20(25(18)27)26(28)19-10-4-5-11-22(19)29-2/h4-7,10-15,27H,8-9,16-17H2,1-3H3. The van der Waals surface area contributed by atoms with Gasteiger partial charge in [0.2, 0.25) is 0 Å². The van der Waals surface area contributed by atoms with Crippen LogP contribution in [0.1, 0.15) is 34.3 Å². The van der Waals surface area contributed by atoms with E-state index in [1.807, 2.05) is 24.3 Å². The fraction of sp³-hybridized carbons (Fsp3) is 0.269. The van der Waals surface area contributed by atoms with Crippen LogP contribution in [0.5, 0.6) is 28.7 Å². The SMILES string of the molecule is COc1ccccc1OCCCCOc1ccc(C(=O)c2ccccc2OC)c(O)c1C. The molecular formula is C26H28O6. The lowest BCUT2D eigenvalue weighted by atomic mass is 9.99. The Morgan fingerprint density at radius 3 is 1.94 bits per heavy atom. The topological polar surface area (TPSA) is 74.2 Å². The van der Waals surface area contributed by atoms with Gasteiger partial charge in [-0.2, -0.15) is 0 Å². The van der Waals surface area contributed by atoms with Gasteiger partial charge >= 0.3 is 0 Å². The second-order valence-electron chi connectivity index (χ2n) is 7.17. The Kier molecular flexibility index (Phi) is 7.97. The molecule has 0 radical (unpaired) electrons. The first-order valence-electron chi connectivity index (χ1n) is 10.5. The van der Waals surface area contributed by atoms with Gasteiger partial charge in [0.15, 0.2) is 17.3 Å². The van der Waals surface area contributed by atoms with E-state index in [-0.39, 0.29) is 17.1 Å². The van der Waals surface area contributed by atoms with Crippen LogP contribution >= 0.6 is 0 Å².